The Balaban J connectivity index is 1.85. The van der Waals surface area contributed by atoms with Gasteiger partial charge >= 0.3 is 0 Å². The number of halogens is 2. The molecule has 30 heavy (non-hydrogen) atoms. The number of nitrogens with one attached hydrogen (secondary N) is 2. The molecule has 2 N–H and O–H groups in total. The van der Waals surface area contributed by atoms with Crippen LogP contribution in [0.2, 0.25) is 5.02 Å². The molecule has 0 saturated carbocycles. The van der Waals surface area contributed by atoms with Gasteiger partial charge in [0.1, 0.15) is 5.82 Å². The van der Waals surface area contributed by atoms with E-state index in [4.69, 9.17) is 11.6 Å². The van der Waals surface area contributed by atoms with Gasteiger partial charge in [0, 0.05) is 11.9 Å². The third kappa shape index (κ3) is 4.65. The van der Waals surface area contributed by atoms with E-state index in [1.54, 1.807) is 24.3 Å². The summed E-state index contributed by atoms with van der Waals surface area (Å²) in [6.07, 6.45) is 2.66. The highest BCUT2D eigenvalue weighted by molar-refractivity contribution is 6.33. The molecule has 0 fully saturated rings. The summed E-state index contributed by atoms with van der Waals surface area (Å²) >= 11 is 5.87. The Morgan fingerprint density at radius 1 is 1.07 bits per heavy atom. The summed E-state index contributed by atoms with van der Waals surface area (Å²) in [6, 6.07) is 9.94. The van der Waals surface area contributed by atoms with Gasteiger partial charge in [-0.15, -0.1) is 0 Å². The molecule has 0 atom stereocenters. The number of rotatable bonds is 6. The minimum Gasteiger partial charge on any atom is -0.267 e. The van der Waals surface area contributed by atoms with E-state index in [0.717, 1.165) is 31.4 Å². The van der Waals surface area contributed by atoms with Crippen molar-refractivity contribution >= 4 is 34.2 Å². The van der Waals surface area contributed by atoms with E-state index in [1.165, 1.54) is 10.7 Å². The van der Waals surface area contributed by atoms with Gasteiger partial charge in [-0.25, -0.2) is 9.07 Å². The van der Waals surface area contributed by atoms with Gasteiger partial charge in [0.25, 0.3) is 17.4 Å². The summed E-state index contributed by atoms with van der Waals surface area (Å²) in [7, 11) is 0. The number of amides is 2. The van der Waals surface area contributed by atoms with Crippen molar-refractivity contribution in [3.8, 4) is 0 Å². The third-order valence-electron chi connectivity index (χ3n) is 4.52. The standard InChI is InChI=1S/C21H20ClFN4O3/c1-2-3-6-11-27-21(30)15-8-5-4-7-14(15)18(26-27)20(29)25-24-19(28)16-10-9-13(23)12-17(16)22/h4-5,7-10,12H,2-3,6,11H2,1H3,(H,24,28)(H,25,29). The lowest BCUT2D eigenvalue weighted by molar-refractivity contribution is 0.0843. The molecule has 0 aliphatic heterocycles. The van der Waals surface area contributed by atoms with E-state index in [9.17, 15) is 18.8 Å². The van der Waals surface area contributed by atoms with Crippen molar-refractivity contribution in [3.05, 3.63) is 74.9 Å². The number of hydrogen-bond acceptors (Lipinski definition) is 4. The second-order valence-electron chi connectivity index (χ2n) is 6.66. The maximum Gasteiger partial charge on any atom is 0.290 e. The molecule has 2 amide bonds. The molecule has 9 heteroatoms. The van der Waals surface area contributed by atoms with Gasteiger partial charge in [0.05, 0.1) is 16.0 Å². The van der Waals surface area contributed by atoms with Crippen LogP contribution in [0, 0.1) is 5.82 Å². The van der Waals surface area contributed by atoms with Crippen LogP contribution in [0.25, 0.3) is 10.8 Å². The van der Waals surface area contributed by atoms with E-state index in [0.29, 0.717) is 17.3 Å². The van der Waals surface area contributed by atoms with Gasteiger partial charge in [-0.1, -0.05) is 49.6 Å². The molecule has 7 nitrogen and oxygen atoms in total. The van der Waals surface area contributed by atoms with Crippen molar-refractivity contribution in [3.63, 3.8) is 0 Å². The minimum atomic E-state index is -0.714. The fourth-order valence-electron chi connectivity index (χ4n) is 2.98. The lowest BCUT2D eigenvalue weighted by Gasteiger charge is -2.12. The predicted octanol–water partition coefficient (Wildman–Crippen LogP) is 3.45. The van der Waals surface area contributed by atoms with E-state index in [2.05, 4.69) is 16.0 Å². The molecule has 2 aromatic carbocycles. The average molecular weight is 431 g/mol. The number of unbranched alkanes of at least 4 members (excludes halogenated alkanes) is 2. The number of carbonyl (C=O) groups excluding carboxylic acids is 2. The van der Waals surface area contributed by atoms with Gasteiger partial charge in [0.15, 0.2) is 5.69 Å². The maximum absolute atomic E-state index is 13.2. The van der Waals surface area contributed by atoms with Crippen LogP contribution in [0.5, 0.6) is 0 Å². The number of hydrogen-bond donors (Lipinski definition) is 2. The molecule has 0 spiro atoms. The highest BCUT2D eigenvalue weighted by Gasteiger charge is 2.18. The van der Waals surface area contributed by atoms with Crippen LogP contribution in [-0.4, -0.2) is 21.6 Å². The molecular formula is C21H20ClFN4O3. The van der Waals surface area contributed by atoms with Crippen LogP contribution in [0.15, 0.2) is 47.3 Å². The fraction of sp³-hybridized carbons (Fsp3) is 0.238. The zero-order valence-corrected chi connectivity index (χ0v) is 17.0. The van der Waals surface area contributed by atoms with Crippen LogP contribution in [0.3, 0.4) is 0 Å². The number of nitrogens with zero attached hydrogens (tertiary/aromatic N) is 2. The molecule has 3 aromatic rings. The van der Waals surface area contributed by atoms with Crippen molar-refractivity contribution in [1.82, 2.24) is 20.6 Å². The monoisotopic (exact) mass is 430 g/mol. The van der Waals surface area contributed by atoms with Gasteiger partial charge in [-0.3, -0.25) is 25.2 Å². The van der Waals surface area contributed by atoms with Gasteiger partial charge in [-0.05, 0) is 30.7 Å². The lowest BCUT2D eigenvalue weighted by atomic mass is 10.1. The lowest BCUT2D eigenvalue weighted by Crippen LogP contribution is -2.43. The number of hydrazine groups is 1. The molecule has 0 unspecified atom stereocenters. The largest absolute Gasteiger partial charge is 0.290 e. The SMILES string of the molecule is CCCCCn1nc(C(=O)NNC(=O)c2ccc(F)cc2Cl)c2ccccc2c1=O. The number of carbonyl (C=O) groups is 2. The normalized spacial score (nSPS) is 10.8. The Labute approximate surface area is 176 Å². The minimum absolute atomic E-state index is 0.000666. The summed E-state index contributed by atoms with van der Waals surface area (Å²) < 4.78 is 14.4. The van der Waals surface area contributed by atoms with Crippen molar-refractivity contribution in [2.45, 2.75) is 32.7 Å². The molecule has 0 saturated heterocycles. The average Bonchev–Trinajstić information content (AvgIpc) is 2.73. The third-order valence-corrected chi connectivity index (χ3v) is 4.83. The Bertz CT molecular complexity index is 1160. The Hall–Kier alpha value is -3.26. The first-order valence-electron chi connectivity index (χ1n) is 9.48. The molecule has 156 valence electrons. The van der Waals surface area contributed by atoms with Crippen LogP contribution in [0.4, 0.5) is 4.39 Å². The Morgan fingerprint density at radius 2 is 1.77 bits per heavy atom. The molecule has 0 aliphatic carbocycles. The second-order valence-corrected chi connectivity index (χ2v) is 7.07. The summed E-state index contributed by atoms with van der Waals surface area (Å²) in [5.74, 6) is -1.99. The summed E-state index contributed by atoms with van der Waals surface area (Å²) in [4.78, 5) is 37.7. The molecular weight excluding hydrogens is 411 g/mol. The van der Waals surface area contributed by atoms with Crippen LogP contribution in [-0.2, 0) is 6.54 Å². The number of fused-ring (bicyclic) bond motifs is 1. The first kappa shape index (κ1) is 21.4. The first-order chi connectivity index (χ1) is 14.4. The summed E-state index contributed by atoms with van der Waals surface area (Å²) in [6.45, 7) is 2.43. The Kier molecular flexibility index (Phi) is 6.79. The number of benzene rings is 2. The van der Waals surface area contributed by atoms with Crippen LogP contribution < -0.4 is 16.4 Å². The zero-order valence-electron chi connectivity index (χ0n) is 16.2. The van der Waals surface area contributed by atoms with E-state index in [-0.39, 0.29) is 21.8 Å². The first-order valence-corrected chi connectivity index (χ1v) is 9.85. The van der Waals surface area contributed by atoms with Gasteiger partial charge in [-0.2, -0.15) is 5.10 Å². The second kappa shape index (κ2) is 9.49. The molecule has 1 heterocycles. The molecule has 0 bridgehead atoms. The number of aryl methyl sites for hydroxylation is 1. The molecule has 1 aromatic heterocycles. The Morgan fingerprint density at radius 3 is 2.47 bits per heavy atom. The van der Waals surface area contributed by atoms with Crippen LogP contribution in [0.1, 0.15) is 47.0 Å². The maximum atomic E-state index is 13.2. The van der Waals surface area contributed by atoms with Crippen molar-refractivity contribution in [2.75, 3.05) is 0 Å². The smallest absolute Gasteiger partial charge is 0.267 e. The van der Waals surface area contributed by atoms with Crippen molar-refractivity contribution in [2.24, 2.45) is 0 Å². The van der Waals surface area contributed by atoms with E-state index < -0.39 is 17.6 Å². The molecule has 0 aliphatic rings. The van der Waals surface area contributed by atoms with Gasteiger partial charge in [0.2, 0.25) is 0 Å². The van der Waals surface area contributed by atoms with E-state index in [1.807, 2.05) is 6.92 Å². The molecule has 3 rings (SSSR count). The van der Waals surface area contributed by atoms with Crippen molar-refractivity contribution < 1.29 is 14.0 Å². The van der Waals surface area contributed by atoms with E-state index >= 15 is 0 Å². The summed E-state index contributed by atoms with van der Waals surface area (Å²) in [5, 5.41) is 4.87. The highest BCUT2D eigenvalue weighted by atomic mass is 35.5. The fourth-order valence-corrected chi connectivity index (χ4v) is 3.23. The quantitative estimate of drug-likeness (QED) is 0.462. The zero-order chi connectivity index (χ0) is 21.7. The topological polar surface area (TPSA) is 93.1 Å². The highest BCUT2D eigenvalue weighted by Crippen LogP contribution is 2.17. The van der Waals surface area contributed by atoms with Crippen molar-refractivity contribution in [1.29, 1.82) is 0 Å². The summed E-state index contributed by atoms with van der Waals surface area (Å²) in [5.41, 5.74) is 4.24. The van der Waals surface area contributed by atoms with Crippen LogP contribution >= 0.6 is 11.6 Å². The molecule has 0 radical (unpaired) electrons. The van der Waals surface area contributed by atoms with Gasteiger partial charge < -0.3 is 0 Å². The number of aromatic nitrogens is 2. The predicted molar refractivity (Wildman–Crippen MR) is 112 cm³/mol.